The Hall–Kier alpha value is -2.26. The monoisotopic (exact) mass is 362 g/mol. The molecule has 27 heavy (non-hydrogen) atoms. The third-order valence-electron chi connectivity index (χ3n) is 6.00. The van der Waals surface area contributed by atoms with Gasteiger partial charge in [-0.15, -0.1) is 0 Å². The van der Waals surface area contributed by atoms with E-state index < -0.39 is 0 Å². The topological polar surface area (TPSA) is 28.3 Å². The van der Waals surface area contributed by atoms with Crippen LogP contribution < -0.4 is 4.74 Å². The van der Waals surface area contributed by atoms with Gasteiger partial charge in [0, 0.05) is 17.1 Å². The summed E-state index contributed by atoms with van der Waals surface area (Å²) < 4.78 is 5.51. The average Bonchev–Trinajstić information content (AvgIpc) is 3.13. The molecule has 2 aromatic carbocycles. The van der Waals surface area contributed by atoms with E-state index in [0.29, 0.717) is 0 Å². The molecule has 0 bridgehead atoms. The van der Waals surface area contributed by atoms with Crippen molar-refractivity contribution < 1.29 is 4.74 Å². The molecule has 1 saturated heterocycles. The van der Waals surface area contributed by atoms with Crippen molar-refractivity contribution in [2.75, 3.05) is 26.7 Å². The van der Waals surface area contributed by atoms with Crippen LogP contribution in [0.2, 0.25) is 0 Å². The fraction of sp³-hybridized carbons (Fsp3) is 0.417. The quantitative estimate of drug-likeness (QED) is 0.636. The first-order valence-electron chi connectivity index (χ1n) is 10.2. The van der Waals surface area contributed by atoms with Gasteiger partial charge < -0.3 is 14.6 Å². The van der Waals surface area contributed by atoms with Crippen molar-refractivity contribution in [2.45, 2.75) is 32.1 Å². The number of nitrogens with one attached hydrogen (secondary N) is 1. The molecule has 1 aliphatic rings. The standard InChI is InChI=1S/C24H30N2O/c1-27-24-11-5-2-7-20(24)17-19-12-15-26(16-13-19)14-6-8-21-18-25-23-10-4-3-9-22(21)23/h2-5,7,9-11,18-19,25H,6,8,12-17H2,1H3. The summed E-state index contributed by atoms with van der Waals surface area (Å²) in [5.41, 5.74) is 4.07. The summed E-state index contributed by atoms with van der Waals surface area (Å²) >= 11 is 0. The molecule has 0 radical (unpaired) electrons. The first-order valence-corrected chi connectivity index (χ1v) is 10.2. The van der Waals surface area contributed by atoms with Crippen LogP contribution in [0, 0.1) is 5.92 Å². The number of fused-ring (bicyclic) bond motifs is 1. The van der Waals surface area contributed by atoms with E-state index in [2.05, 4.69) is 64.6 Å². The molecule has 0 amide bonds. The Morgan fingerprint density at radius 1 is 1.00 bits per heavy atom. The molecule has 3 nitrogen and oxygen atoms in total. The lowest BCUT2D eigenvalue weighted by molar-refractivity contribution is 0.182. The number of piperidine rings is 1. The van der Waals surface area contributed by atoms with E-state index in [4.69, 9.17) is 4.74 Å². The van der Waals surface area contributed by atoms with Gasteiger partial charge in [0.1, 0.15) is 5.75 Å². The van der Waals surface area contributed by atoms with Crippen molar-refractivity contribution in [1.82, 2.24) is 9.88 Å². The lowest BCUT2D eigenvalue weighted by Crippen LogP contribution is -2.35. The van der Waals surface area contributed by atoms with Gasteiger partial charge in [0.25, 0.3) is 0 Å². The second-order valence-corrected chi connectivity index (χ2v) is 7.76. The maximum absolute atomic E-state index is 5.51. The zero-order valence-corrected chi connectivity index (χ0v) is 16.3. The van der Waals surface area contributed by atoms with E-state index >= 15 is 0 Å². The van der Waals surface area contributed by atoms with E-state index in [1.54, 1.807) is 7.11 Å². The molecule has 0 spiro atoms. The van der Waals surface area contributed by atoms with Gasteiger partial charge in [-0.3, -0.25) is 0 Å². The van der Waals surface area contributed by atoms with Crippen LogP contribution in [-0.4, -0.2) is 36.6 Å². The van der Waals surface area contributed by atoms with E-state index in [1.807, 2.05) is 0 Å². The van der Waals surface area contributed by atoms with Crippen LogP contribution in [0.1, 0.15) is 30.4 Å². The summed E-state index contributed by atoms with van der Waals surface area (Å²) in [5.74, 6) is 1.82. The first kappa shape index (κ1) is 18.1. The first-order chi connectivity index (χ1) is 13.3. The number of aromatic amines is 1. The Morgan fingerprint density at radius 3 is 2.63 bits per heavy atom. The molecule has 142 valence electrons. The van der Waals surface area contributed by atoms with Crippen LogP contribution in [0.15, 0.2) is 54.7 Å². The molecule has 0 saturated carbocycles. The molecule has 1 N–H and O–H groups in total. The summed E-state index contributed by atoms with van der Waals surface area (Å²) in [7, 11) is 1.77. The Bertz CT molecular complexity index is 861. The van der Waals surface area contributed by atoms with Gasteiger partial charge in [-0.2, -0.15) is 0 Å². The third kappa shape index (κ3) is 4.36. The summed E-state index contributed by atoms with van der Waals surface area (Å²) in [6.07, 6.45) is 8.32. The van der Waals surface area contributed by atoms with Gasteiger partial charge in [-0.25, -0.2) is 0 Å². The Kier molecular flexibility index (Phi) is 5.78. The second kappa shape index (κ2) is 8.62. The van der Waals surface area contributed by atoms with Crippen molar-refractivity contribution in [1.29, 1.82) is 0 Å². The lowest BCUT2D eigenvalue weighted by Gasteiger charge is -2.32. The van der Waals surface area contributed by atoms with Crippen molar-refractivity contribution in [2.24, 2.45) is 5.92 Å². The van der Waals surface area contributed by atoms with Gasteiger partial charge in [-0.05, 0) is 80.9 Å². The number of para-hydroxylation sites is 2. The molecular weight excluding hydrogens is 332 g/mol. The number of rotatable bonds is 7. The zero-order valence-electron chi connectivity index (χ0n) is 16.3. The van der Waals surface area contributed by atoms with Crippen molar-refractivity contribution >= 4 is 10.9 Å². The predicted octanol–water partition coefficient (Wildman–Crippen LogP) is 5.06. The van der Waals surface area contributed by atoms with Crippen LogP contribution in [0.4, 0.5) is 0 Å². The number of methoxy groups -OCH3 is 1. The highest BCUT2D eigenvalue weighted by Gasteiger charge is 2.20. The Balaban J connectivity index is 1.23. The van der Waals surface area contributed by atoms with Crippen LogP contribution >= 0.6 is 0 Å². The zero-order chi connectivity index (χ0) is 18.5. The molecule has 3 heteroatoms. The number of hydrogen-bond donors (Lipinski definition) is 1. The fourth-order valence-electron chi connectivity index (χ4n) is 4.43. The molecule has 0 aliphatic carbocycles. The van der Waals surface area contributed by atoms with Crippen molar-refractivity contribution in [3.8, 4) is 5.75 Å². The van der Waals surface area contributed by atoms with Gasteiger partial charge in [0.05, 0.1) is 7.11 Å². The number of ether oxygens (including phenoxy) is 1. The largest absolute Gasteiger partial charge is 0.496 e. The van der Waals surface area contributed by atoms with Crippen LogP contribution in [0.3, 0.4) is 0 Å². The Labute approximate surface area is 162 Å². The normalized spacial score (nSPS) is 16.0. The number of H-pyrrole nitrogens is 1. The third-order valence-corrected chi connectivity index (χ3v) is 6.00. The number of hydrogen-bond acceptors (Lipinski definition) is 2. The number of aryl methyl sites for hydroxylation is 1. The lowest BCUT2D eigenvalue weighted by atomic mass is 9.89. The molecule has 3 aromatic rings. The van der Waals surface area contributed by atoms with Crippen LogP contribution in [0.25, 0.3) is 10.9 Å². The van der Waals surface area contributed by atoms with E-state index in [9.17, 15) is 0 Å². The molecular formula is C24H30N2O. The molecule has 2 heterocycles. The summed E-state index contributed by atoms with van der Waals surface area (Å²) in [6.45, 7) is 3.67. The van der Waals surface area contributed by atoms with E-state index in [0.717, 1.165) is 24.5 Å². The Morgan fingerprint density at radius 2 is 1.78 bits per heavy atom. The van der Waals surface area contributed by atoms with Crippen molar-refractivity contribution in [3.05, 3.63) is 65.9 Å². The maximum Gasteiger partial charge on any atom is 0.122 e. The van der Waals surface area contributed by atoms with Gasteiger partial charge in [0.2, 0.25) is 0 Å². The maximum atomic E-state index is 5.51. The van der Waals surface area contributed by atoms with Gasteiger partial charge in [-0.1, -0.05) is 36.4 Å². The van der Waals surface area contributed by atoms with E-state index in [1.165, 1.54) is 60.9 Å². The summed E-state index contributed by atoms with van der Waals surface area (Å²) in [4.78, 5) is 6.04. The van der Waals surface area contributed by atoms with Crippen LogP contribution in [0.5, 0.6) is 5.75 Å². The number of aromatic nitrogens is 1. The molecule has 0 unspecified atom stereocenters. The van der Waals surface area contributed by atoms with Crippen LogP contribution in [-0.2, 0) is 12.8 Å². The SMILES string of the molecule is COc1ccccc1CC1CCN(CCCc2c[nH]c3ccccc23)CC1. The average molecular weight is 363 g/mol. The highest BCUT2D eigenvalue weighted by Crippen LogP contribution is 2.27. The molecule has 1 aliphatic heterocycles. The summed E-state index contributed by atoms with van der Waals surface area (Å²) in [5, 5.41) is 1.38. The minimum Gasteiger partial charge on any atom is -0.496 e. The number of benzene rings is 2. The molecule has 4 rings (SSSR count). The predicted molar refractivity (Wildman–Crippen MR) is 112 cm³/mol. The number of likely N-dealkylation sites (tertiary alicyclic amines) is 1. The highest BCUT2D eigenvalue weighted by atomic mass is 16.5. The minimum atomic E-state index is 0.783. The number of nitrogens with zero attached hydrogens (tertiary/aromatic N) is 1. The van der Waals surface area contributed by atoms with Crippen molar-refractivity contribution in [3.63, 3.8) is 0 Å². The summed E-state index contributed by atoms with van der Waals surface area (Å²) in [6, 6.07) is 17.1. The fourth-order valence-corrected chi connectivity index (χ4v) is 4.43. The minimum absolute atomic E-state index is 0.783. The van der Waals surface area contributed by atoms with Gasteiger partial charge in [0.15, 0.2) is 0 Å². The molecule has 1 aromatic heterocycles. The van der Waals surface area contributed by atoms with E-state index in [-0.39, 0.29) is 0 Å². The highest BCUT2D eigenvalue weighted by molar-refractivity contribution is 5.82. The van der Waals surface area contributed by atoms with Gasteiger partial charge >= 0.3 is 0 Å². The molecule has 1 fully saturated rings. The second-order valence-electron chi connectivity index (χ2n) is 7.76. The molecule has 0 atom stereocenters. The smallest absolute Gasteiger partial charge is 0.122 e.